The predicted molar refractivity (Wildman–Crippen MR) is 88.0 cm³/mol. The van der Waals surface area contributed by atoms with Gasteiger partial charge in [0.05, 0.1) is 10.7 Å². The van der Waals surface area contributed by atoms with E-state index < -0.39 is 0 Å². The summed E-state index contributed by atoms with van der Waals surface area (Å²) in [6.07, 6.45) is 0. The molecule has 0 aliphatic carbocycles. The molecule has 0 saturated carbocycles. The van der Waals surface area contributed by atoms with E-state index in [1.807, 2.05) is 29.2 Å². The Morgan fingerprint density at radius 2 is 2.05 bits per heavy atom. The van der Waals surface area contributed by atoms with Crippen molar-refractivity contribution in [3.05, 3.63) is 57.5 Å². The smallest absolute Gasteiger partial charge is 0.258 e. The van der Waals surface area contributed by atoms with Crippen molar-refractivity contribution in [3.8, 4) is 0 Å². The highest BCUT2D eigenvalue weighted by Gasteiger charge is 2.23. The van der Waals surface area contributed by atoms with Gasteiger partial charge in [0.25, 0.3) is 5.91 Å². The van der Waals surface area contributed by atoms with E-state index in [1.165, 1.54) is 0 Å². The number of halogens is 2. The van der Waals surface area contributed by atoms with E-state index in [0.717, 1.165) is 20.8 Å². The van der Waals surface area contributed by atoms with Gasteiger partial charge in [0.2, 0.25) is 0 Å². The molecule has 2 aromatic carbocycles. The zero-order chi connectivity index (χ0) is 14.1. The molecule has 0 radical (unpaired) electrons. The molecule has 2 aromatic rings. The van der Waals surface area contributed by atoms with Crippen LogP contribution in [0.2, 0.25) is 5.02 Å². The van der Waals surface area contributed by atoms with Gasteiger partial charge in [-0.15, -0.1) is 11.8 Å². The van der Waals surface area contributed by atoms with Crippen LogP contribution in [0.5, 0.6) is 0 Å². The molecule has 0 aromatic heterocycles. The Labute approximate surface area is 135 Å². The zero-order valence-corrected chi connectivity index (χ0v) is 13.6. The summed E-state index contributed by atoms with van der Waals surface area (Å²) in [6.45, 7) is 0.716. The number of carbonyl (C=O) groups excluding carboxylic acids is 1. The maximum Gasteiger partial charge on any atom is 0.258 e. The summed E-state index contributed by atoms with van der Waals surface area (Å²) in [5.74, 6) is 0.902. The van der Waals surface area contributed by atoms with Gasteiger partial charge in [0.15, 0.2) is 0 Å². The van der Waals surface area contributed by atoms with E-state index in [1.54, 1.807) is 30.0 Å². The van der Waals surface area contributed by atoms with Crippen molar-refractivity contribution >= 4 is 50.9 Å². The van der Waals surface area contributed by atoms with E-state index in [2.05, 4.69) is 15.9 Å². The first-order valence-corrected chi connectivity index (χ1v) is 8.31. The third-order valence-electron chi connectivity index (χ3n) is 3.14. The molecule has 1 amide bonds. The van der Waals surface area contributed by atoms with Gasteiger partial charge < -0.3 is 4.90 Å². The Hall–Kier alpha value is -0.970. The molecule has 102 valence electrons. The zero-order valence-electron chi connectivity index (χ0n) is 10.5. The van der Waals surface area contributed by atoms with Crippen LogP contribution in [-0.2, 0) is 0 Å². The highest BCUT2D eigenvalue weighted by molar-refractivity contribution is 9.10. The minimum absolute atomic E-state index is 0.00727. The molecule has 20 heavy (non-hydrogen) atoms. The fourth-order valence-electron chi connectivity index (χ4n) is 2.17. The molecular formula is C15H11BrClNOS. The quantitative estimate of drug-likeness (QED) is 0.717. The van der Waals surface area contributed by atoms with Crippen molar-refractivity contribution in [2.45, 2.75) is 4.90 Å². The maximum absolute atomic E-state index is 12.7. The lowest BCUT2D eigenvalue weighted by Crippen LogP contribution is -2.35. The maximum atomic E-state index is 12.7. The molecule has 3 rings (SSSR count). The van der Waals surface area contributed by atoms with E-state index in [-0.39, 0.29) is 5.91 Å². The Balaban J connectivity index is 1.97. The number of para-hydroxylation sites is 1. The molecule has 1 aliphatic rings. The van der Waals surface area contributed by atoms with Crippen LogP contribution in [0.1, 0.15) is 10.4 Å². The standard InChI is InChI=1S/C15H11BrClNOS/c16-11-6-5-10(9-12(11)17)15(19)18-7-8-20-14-4-2-1-3-13(14)18/h1-6,9H,7-8H2. The summed E-state index contributed by atoms with van der Waals surface area (Å²) in [7, 11) is 0. The van der Waals surface area contributed by atoms with E-state index in [4.69, 9.17) is 11.6 Å². The van der Waals surface area contributed by atoms with Gasteiger partial charge in [0.1, 0.15) is 0 Å². The summed E-state index contributed by atoms with van der Waals surface area (Å²) in [6, 6.07) is 13.3. The second kappa shape index (κ2) is 5.80. The highest BCUT2D eigenvalue weighted by Crippen LogP contribution is 2.35. The minimum atomic E-state index is -0.00727. The largest absolute Gasteiger partial charge is 0.306 e. The van der Waals surface area contributed by atoms with Crippen LogP contribution in [0.4, 0.5) is 5.69 Å². The number of hydrogen-bond acceptors (Lipinski definition) is 2. The lowest BCUT2D eigenvalue weighted by Gasteiger charge is -2.29. The molecule has 0 N–H and O–H groups in total. The average molecular weight is 369 g/mol. The number of rotatable bonds is 1. The lowest BCUT2D eigenvalue weighted by molar-refractivity contribution is 0.0987. The Morgan fingerprint density at radius 3 is 2.85 bits per heavy atom. The fourth-order valence-corrected chi connectivity index (χ4v) is 3.59. The molecule has 0 bridgehead atoms. The topological polar surface area (TPSA) is 20.3 Å². The minimum Gasteiger partial charge on any atom is -0.306 e. The summed E-state index contributed by atoms with van der Waals surface area (Å²) in [5.41, 5.74) is 1.59. The number of fused-ring (bicyclic) bond motifs is 1. The Bertz CT molecular complexity index is 677. The molecule has 5 heteroatoms. The summed E-state index contributed by atoms with van der Waals surface area (Å²) >= 11 is 11.2. The van der Waals surface area contributed by atoms with Crippen LogP contribution in [0.3, 0.4) is 0 Å². The van der Waals surface area contributed by atoms with Crippen LogP contribution in [0.25, 0.3) is 0 Å². The number of amides is 1. The van der Waals surface area contributed by atoms with Gasteiger partial charge in [0, 0.05) is 27.2 Å². The van der Waals surface area contributed by atoms with E-state index in [9.17, 15) is 4.79 Å². The van der Waals surface area contributed by atoms with Gasteiger partial charge in [-0.2, -0.15) is 0 Å². The summed E-state index contributed by atoms with van der Waals surface area (Å²) < 4.78 is 0.797. The molecule has 0 atom stereocenters. The fraction of sp³-hybridized carbons (Fsp3) is 0.133. The first kappa shape index (κ1) is 14.0. The van der Waals surface area contributed by atoms with Gasteiger partial charge in [-0.05, 0) is 46.3 Å². The summed E-state index contributed by atoms with van der Waals surface area (Å²) in [4.78, 5) is 15.6. The summed E-state index contributed by atoms with van der Waals surface area (Å²) in [5, 5.41) is 0.551. The number of nitrogens with zero attached hydrogens (tertiary/aromatic N) is 1. The van der Waals surface area contributed by atoms with Crippen molar-refractivity contribution in [2.24, 2.45) is 0 Å². The number of benzene rings is 2. The molecule has 0 spiro atoms. The number of hydrogen-bond donors (Lipinski definition) is 0. The van der Waals surface area contributed by atoms with Crippen molar-refractivity contribution in [1.29, 1.82) is 0 Å². The van der Waals surface area contributed by atoms with Crippen LogP contribution in [0, 0.1) is 0 Å². The van der Waals surface area contributed by atoms with E-state index in [0.29, 0.717) is 17.1 Å². The van der Waals surface area contributed by atoms with Crippen molar-refractivity contribution in [3.63, 3.8) is 0 Å². The third kappa shape index (κ3) is 2.60. The van der Waals surface area contributed by atoms with Crippen LogP contribution < -0.4 is 4.90 Å². The van der Waals surface area contributed by atoms with Crippen molar-refractivity contribution < 1.29 is 4.79 Å². The molecular weight excluding hydrogens is 358 g/mol. The van der Waals surface area contributed by atoms with Crippen molar-refractivity contribution in [1.82, 2.24) is 0 Å². The first-order chi connectivity index (χ1) is 9.66. The van der Waals surface area contributed by atoms with Crippen LogP contribution >= 0.6 is 39.3 Å². The average Bonchev–Trinajstić information content (AvgIpc) is 2.49. The predicted octanol–water partition coefficient (Wildman–Crippen LogP) is 4.86. The SMILES string of the molecule is O=C(c1ccc(Br)c(Cl)c1)N1CCSc2ccccc21. The number of carbonyl (C=O) groups is 1. The van der Waals surface area contributed by atoms with Crippen LogP contribution in [-0.4, -0.2) is 18.2 Å². The first-order valence-electron chi connectivity index (χ1n) is 6.15. The molecule has 0 saturated heterocycles. The molecule has 2 nitrogen and oxygen atoms in total. The van der Waals surface area contributed by atoms with Crippen LogP contribution in [0.15, 0.2) is 51.8 Å². The monoisotopic (exact) mass is 367 g/mol. The van der Waals surface area contributed by atoms with Gasteiger partial charge >= 0.3 is 0 Å². The Kier molecular flexibility index (Phi) is 4.06. The lowest BCUT2D eigenvalue weighted by atomic mass is 10.1. The van der Waals surface area contributed by atoms with Gasteiger partial charge in [-0.1, -0.05) is 23.7 Å². The molecule has 0 fully saturated rings. The number of thioether (sulfide) groups is 1. The molecule has 1 aliphatic heterocycles. The second-order valence-electron chi connectivity index (χ2n) is 4.40. The third-order valence-corrected chi connectivity index (χ3v) is 5.42. The molecule has 1 heterocycles. The number of anilines is 1. The molecule has 0 unspecified atom stereocenters. The highest BCUT2D eigenvalue weighted by atomic mass is 79.9. The second-order valence-corrected chi connectivity index (χ2v) is 6.80. The van der Waals surface area contributed by atoms with Gasteiger partial charge in [-0.3, -0.25) is 4.79 Å². The van der Waals surface area contributed by atoms with E-state index >= 15 is 0 Å². The Morgan fingerprint density at radius 1 is 1.25 bits per heavy atom. The van der Waals surface area contributed by atoms with Crippen molar-refractivity contribution in [2.75, 3.05) is 17.2 Å². The normalized spacial score (nSPS) is 14.0. The van der Waals surface area contributed by atoms with Gasteiger partial charge in [-0.25, -0.2) is 0 Å².